The minimum Gasteiger partial charge on any atom is -0.272 e. The molecule has 162 valence electrons. The van der Waals surface area contributed by atoms with Crippen molar-refractivity contribution in [3.8, 4) is 0 Å². The second kappa shape index (κ2) is 7.56. The summed E-state index contributed by atoms with van der Waals surface area (Å²) in [6, 6.07) is 11.9. The molecule has 0 aromatic heterocycles. The monoisotopic (exact) mass is 451 g/mol. The lowest BCUT2D eigenvalue weighted by Gasteiger charge is -2.31. The van der Waals surface area contributed by atoms with Gasteiger partial charge in [0.2, 0.25) is 0 Å². The number of carbonyl (C=O) groups excluding carboxylic acids is 3. The number of hydrogen-bond acceptors (Lipinski definition) is 5. The molecular formula is C23H18ClN3O5. The van der Waals surface area contributed by atoms with Gasteiger partial charge in [0.1, 0.15) is 0 Å². The fourth-order valence-electron chi connectivity index (χ4n) is 5.02. The van der Waals surface area contributed by atoms with Crippen molar-refractivity contribution in [2.24, 2.45) is 23.7 Å². The molecule has 1 saturated carbocycles. The maximum absolute atomic E-state index is 13.5. The molecule has 2 bridgehead atoms. The van der Waals surface area contributed by atoms with Crippen molar-refractivity contribution in [3.05, 3.63) is 86.9 Å². The summed E-state index contributed by atoms with van der Waals surface area (Å²) in [4.78, 5) is 50.5. The number of amides is 3. The zero-order valence-corrected chi connectivity index (χ0v) is 17.5. The van der Waals surface area contributed by atoms with Gasteiger partial charge >= 0.3 is 0 Å². The molecule has 4 atom stereocenters. The number of imide groups is 1. The third-order valence-corrected chi connectivity index (χ3v) is 6.89. The number of rotatable bonds is 5. The second-order valence-electron chi connectivity index (χ2n) is 8.25. The Morgan fingerprint density at radius 2 is 1.62 bits per heavy atom. The van der Waals surface area contributed by atoms with E-state index in [4.69, 9.17) is 11.6 Å². The SMILES string of the molecule is O=C(c1ccc([N+](=O)[O-])cc1)N(Cc1ccccc1Cl)N1C(=O)[C@H]2[C@H](C1=O)[C@H]1C=C[C@H]2C1. The van der Waals surface area contributed by atoms with Crippen molar-refractivity contribution in [1.29, 1.82) is 0 Å². The standard InChI is InChI=1S/C23H18ClN3O5/c24-18-4-2-1-3-16(18)12-25(21(28)13-7-9-17(10-8-13)27(31)32)26-22(29)19-14-5-6-15(11-14)20(19)23(26)30/h1-10,14-15,19-20H,11-12H2/t14-,15-,19+,20+/m0/s1. The molecule has 0 spiro atoms. The average Bonchev–Trinajstić information content (AvgIpc) is 3.47. The number of nitro groups is 1. The van der Waals surface area contributed by atoms with Gasteiger partial charge in [0, 0.05) is 22.7 Å². The Hall–Kier alpha value is -3.52. The Morgan fingerprint density at radius 1 is 1.03 bits per heavy atom. The summed E-state index contributed by atoms with van der Waals surface area (Å²) >= 11 is 6.29. The molecule has 5 rings (SSSR count). The maximum Gasteiger partial charge on any atom is 0.273 e. The number of hydrogen-bond donors (Lipinski definition) is 0. The van der Waals surface area contributed by atoms with E-state index >= 15 is 0 Å². The van der Waals surface area contributed by atoms with E-state index in [-0.39, 0.29) is 41.4 Å². The minimum absolute atomic E-state index is 0.00286. The van der Waals surface area contributed by atoms with E-state index in [1.54, 1.807) is 24.3 Å². The number of allylic oxidation sites excluding steroid dienone is 2. The average molecular weight is 452 g/mol. The van der Waals surface area contributed by atoms with Crippen LogP contribution < -0.4 is 0 Å². The van der Waals surface area contributed by atoms with Gasteiger partial charge in [0.15, 0.2) is 0 Å². The van der Waals surface area contributed by atoms with Crippen LogP contribution in [-0.4, -0.2) is 32.7 Å². The predicted octanol–water partition coefficient (Wildman–Crippen LogP) is 3.61. The highest BCUT2D eigenvalue weighted by Gasteiger charge is 2.61. The van der Waals surface area contributed by atoms with Gasteiger partial charge < -0.3 is 0 Å². The van der Waals surface area contributed by atoms with Gasteiger partial charge in [-0.1, -0.05) is 42.0 Å². The Labute approximate surface area is 188 Å². The smallest absolute Gasteiger partial charge is 0.272 e. The number of fused-ring (bicyclic) bond motifs is 5. The van der Waals surface area contributed by atoms with E-state index in [1.807, 2.05) is 12.2 Å². The van der Waals surface area contributed by atoms with E-state index in [9.17, 15) is 24.5 Å². The Kier molecular flexibility index (Phi) is 4.82. The van der Waals surface area contributed by atoms with Gasteiger partial charge in [0.05, 0.1) is 23.3 Å². The normalized spacial score (nSPS) is 25.3. The van der Waals surface area contributed by atoms with Crippen LogP contribution in [0.1, 0.15) is 22.3 Å². The van der Waals surface area contributed by atoms with Crippen LogP contribution in [0, 0.1) is 33.8 Å². The molecule has 8 nitrogen and oxygen atoms in total. The van der Waals surface area contributed by atoms with Crippen LogP contribution in [-0.2, 0) is 16.1 Å². The van der Waals surface area contributed by atoms with Crippen LogP contribution in [0.2, 0.25) is 5.02 Å². The molecule has 0 N–H and O–H groups in total. The van der Waals surface area contributed by atoms with Gasteiger partial charge in [-0.05, 0) is 42.0 Å². The number of nitro benzene ring substituents is 1. The largest absolute Gasteiger partial charge is 0.273 e. The third kappa shape index (κ3) is 3.10. The van der Waals surface area contributed by atoms with E-state index in [0.717, 1.165) is 16.4 Å². The van der Waals surface area contributed by atoms with Crippen LogP contribution in [0.5, 0.6) is 0 Å². The number of non-ortho nitro benzene ring substituents is 1. The van der Waals surface area contributed by atoms with Crippen molar-refractivity contribution in [2.75, 3.05) is 0 Å². The first kappa shape index (κ1) is 20.4. The molecule has 1 heterocycles. The minimum atomic E-state index is -0.609. The molecule has 32 heavy (non-hydrogen) atoms. The van der Waals surface area contributed by atoms with Crippen LogP contribution in [0.4, 0.5) is 5.69 Å². The highest BCUT2D eigenvalue weighted by Crippen LogP contribution is 2.53. The molecule has 3 amide bonds. The lowest BCUT2D eigenvalue weighted by Crippen LogP contribution is -2.50. The molecular weight excluding hydrogens is 434 g/mol. The lowest BCUT2D eigenvalue weighted by atomic mass is 9.85. The molecule has 1 saturated heterocycles. The summed E-state index contributed by atoms with van der Waals surface area (Å²) in [6.45, 7) is -0.0881. The molecule has 2 aromatic carbocycles. The maximum atomic E-state index is 13.5. The van der Waals surface area contributed by atoms with Crippen LogP contribution in [0.3, 0.4) is 0 Å². The fraction of sp³-hybridized carbons (Fsp3) is 0.261. The number of halogens is 1. The Balaban J connectivity index is 1.52. The van der Waals surface area contributed by atoms with E-state index < -0.39 is 22.7 Å². The van der Waals surface area contributed by atoms with Crippen molar-refractivity contribution in [2.45, 2.75) is 13.0 Å². The van der Waals surface area contributed by atoms with Crippen LogP contribution in [0.25, 0.3) is 0 Å². The molecule has 9 heteroatoms. The van der Waals surface area contributed by atoms with E-state index in [1.165, 1.54) is 24.3 Å². The summed E-state index contributed by atoms with van der Waals surface area (Å²) in [6.07, 6.45) is 4.75. The summed E-state index contributed by atoms with van der Waals surface area (Å²) in [5, 5.41) is 13.4. The first-order valence-corrected chi connectivity index (χ1v) is 10.6. The molecule has 3 aliphatic rings. The lowest BCUT2D eigenvalue weighted by molar-refractivity contribution is -0.384. The quantitative estimate of drug-likeness (QED) is 0.299. The van der Waals surface area contributed by atoms with Gasteiger partial charge in [-0.25, -0.2) is 5.01 Å². The highest BCUT2D eigenvalue weighted by atomic mass is 35.5. The van der Waals surface area contributed by atoms with Gasteiger partial charge in [-0.15, -0.1) is 0 Å². The number of hydrazine groups is 1. The van der Waals surface area contributed by atoms with Gasteiger partial charge in [0.25, 0.3) is 23.4 Å². The topological polar surface area (TPSA) is 101 Å². The third-order valence-electron chi connectivity index (χ3n) is 6.53. The first-order valence-electron chi connectivity index (χ1n) is 10.2. The summed E-state index contributed by atoms with van der Waals surface area (Å²) in [7, 11) is 0. The number of carbonyl (C=O) groups is 3. The van der Waals surface area contributed by atoms with E-state index in [0.29, 0.717) is 10.6 Å². The van der Waals surface area contributed by atoms with Crippen molar-refractivity contribution >= 4 is 35.0 Å². The van der Waals surface area contributed by atoms with Gasteiger partial charge in [-0.2, -0.15) is 5.01 Å². The van der Waals surface area contributed by atoms with Gasteiger partial charge in [-0.3, -0.25) is 24.5 Å². The van der Waals surface area contributed by atoms with E-state index in [2.05, 4.69) is 0 Å². The molecule has 0 radical (unpaired) electrons. The molecule has 1 aliphatic heterocycles. The fourth-order valence-corrected chi connectivity index (χ4v) is 5.22. The zero-order chi connectivity index (χ0) is 22.6. The summed E-state index contributed by atoms with van der Waals surface area (Å²) < 4.78 is 0. The number of nitrogens with zero attached hydrogens (tertiary/aromatic N) is 3. The number of benzene rings is 2. The molecule has 2 aliphatic carbocycles. The summed E-state index contributed by atoms with van der Waals surface area (Å²) in [5.41, 5.74) is 0.536. The summed E-state index contributed by atoms with van der Waals surface area (Å²) in [5.74, 6) is -2.31. The Morgan fingerprint density at radius 3 is 2.19 bits per heavy atom. The highest BCUT2D eigenvalue weighted by molar-refractivity contribution is 6.31. The first-order chi connectivity index (χ1) is 15.4. The predicted molar refractivity (Wildman–Crippen MR) is 114 cm³/mol. The molecule has 0 unspecified atom stereocenters. The van der Waals surface area contributed by atoms with Crippen molar-refractivity contribution in [3.63, 3.8) is 0 Å². The van der Waals surface area contributed by atoms with Crippen molar-refractivity contribution < 1.29 is 19.3 Å². The second-order valence-corrected chi connectivity index (χ2v) is 8.65. The Bertz CT molecular complexity index is 1150. The van der Waals surface area contributed by atoms with Crippen molar-refractivity contribution in [1.82, 2.24) is 10.0 Å². The van der Waals surface area contributed by atoms with Crippen LogP contribution >= 0.6 is 11.6 Å². The van der Waals surface area contributed by atoms with Crippen LogP contribution in [0.15, 0.2) is 60.7 Å². The molecule has 2 fully saturated rings. The zero-order valence-electron chi connectivity index (χ0n) is 16.8. The molecule has 2 aromatic rings.